The standard InChI is InChI=1S/C15H20N2OS/c18-14-12-19-15(13-6-2-1-3-7-13)17(14)11-10-16-8-4-5-9-16/h1-3,6-7,15H,4-5,8-12H2. The van der Waals surface area contributed by atoms with Gasteiger partial charge in [-0.3, -0.25) is 4.79 Å². The molecule has 2 saturated heterocycles. The van der Waals surface area contributed by atoms with Crippen LogP contribution in [0.5, 0.6) is 0 Å². The third-order valence-corrected chi connectivity index (χ3v) is 5.16. The smallest absolute Gasteiger partial charge is 0.233 e. The van der Waals surface area contributed by atoms with Gasteiger partial charge in [-0.25, -0.2) is 0 Å². The second kappa shape index (κ2) is 5.97. The summed E-state index contributed by atoms with van der Waals surface area (Å²) in [5.41, 5.74) is 1.25. The molecule has 0 aromatic heterocycles. The molecule has 19 heavy (non-hydrogen) atoms. The zero-order valence-corrected chi connectivity index (χ0v) is 11.9. The van der Waals surface area contributed by atoms with Crippen molar-refractivity contribution >= 4 is 17.7 Å². The van der Waals surface area contributed by atoms with Gasteiger partial charge in [-0.1, -0.05) is 30.3 Å². The van der Waals surface area contributed by atoms with Crippen molar-refractivity contribution in [3.8, 4) is 0 Å². The molecule has 1 aromatic rings. The lowest BCUT2D eigenvalue weighted by Crippen LogP contribution is -2.36. The van der Waals surface area contributed by atoms with Crippen molar-refractivity contribution in [1.82, 2.24) is 9.80 Å². The molecule has 4 heteroatoms. The number of rotatable bonds is 4. The molecule has 0 radical (unpaired) electrons. The SMILES string of the molecule is O=C1CSC(c2ccccc2)N1CCN1CCCC1. The number of nitrogens with zero attached hydrogens (tertiary/aromatic N) is 2. The Morgan fingerprint density at radius 2 is 1.84 bits per heavy atom. The predicted octanol–water partition coefficient (Wildman–Crippen LogP) is 2.36. The van der Waals surface area contributed by atoms with Crippen LogP contribution in [0.25, 0.3) is 0 Å². The van der Waals surface area contributed by atoms with Crippen molar-refractivity contribution in [2.45, 2.75) is 18.2 Å². The van der Waals surface area contributed by atoms with Crippen molar-refractivity contribution < 1.29 is 4.79 Å². The van der Waals surface area contributed by atoms with Crippen molar-refractivity contribution in [3.63, 3.8) is 0 Å². The zero-order chi connectivity index (χ0) is 13.1. The van der Waals surface area contributed by atoms with Crippen molar-refractivity contribution in [2.24, 2.45) is 0 Å². The number of thioether (sulfide) groups is 1. The van der Waals surface area contributed by atoms with Gasteiger partial charge in [0.25, 0.3) is 0 Å². The number of carbonyl (C=O) groups is 1. The van der Waals surface area contributed by atoms with E-state index in [9.17, 15) is 4.79 Å². The molecule has 2 heterocycles. The van der Waals surface area contributed by atoms with E-state index in [-0.39, 0.29) is 11.3 Å². The highest BCUT2D eigenvalue weighted by atomic mass is 32.2. The lowest BCUT2D eigenvalue weighted by molar-refractivity contribution is -0.128. The topological polar surface area (TPSA) is 23.6 Å². The van der Waals surface area contributed by atoms with Crippen LogP contribution >= 0.6 is 11.8 Å². The van der Waals surface area contributed by atoms with Crippen molar-refractivity contribution in [1.29, 1.82) is 0 Å². The summed E-state index contributed by atoms with van der Waals surface area (Å²) in [6.45, 7) is 4.29. The van der Waals surface area contributed by atoms with E-state index in [0.29, 0.717) is 5.75 Å². The van der Waals surface area contributed by atoms with Gasteiger partial charge in [-0.15, -0.1) is 11.8 Å². The van der Waals surface area contributed by atoms with Crippen LogP contribution < -0.4 is 0 Å². The van der Waals surface area contributed by atoms with Gasteiger partial charge in [-0.05, 0) is 31.5 Å². The van der Waals surface area contributed by atoms with Crippen LogP contribution in [0.2, 0.25) is 0 Å². The summed E-state index contributed by atoms with van der Waals surface area (Å²) in [7, 11) is 0. The summed E-state index contributed by atoms with van der Waals surface area (Å²) in [6.07, 6.45) is 2.62. The van der Waals surface area contributed by atoms with Gasteiger partial charge < -0.3 is 9.80 Å². The number of amides is 1. The first-order valence-corrected chi connectivity index (χ1v) is 8.08. The minimum Gasteiger partial charge on any atom is -0.325 e. The van der Waals surface area contributed by atoms with Crippen LogP contribution in [0, 0.1) is 0 Å². The van der Waals surface area contributed by atoms with Crippen LogP contribution in [-0.4, -0.2) is 47.6 Å². The molecule has 2 fully saturated rings. The number of carbonyl (C=O) groups excluding carboxylic acids is 1. The summed E-state index contributed by atoms with van der Waals surface area (Å²) < 4.78 is 0. The van der Waals surface area contributed by atoms with Crippen molar-refractivity contribution in [2.75, 3.05) is 31.9 Å². The van der Waals surface area contributed by atoms with Crippen LogP contribution in [0.4, 0.5) is 0 Å². The first-order valence-electron chi connectivity index (χ1n) is 7.03. The monoisotopic (exact) mass is 276 g/mol. The van der Waals surface area contributed by atoms with E-state index in [1.807, 2.05) is 6.07 Å². The summed E-state index contributed by atoms with van der Waals surface area (Å²) in [6, 6.07) is 10.4. The Bertz CT molecular complexity index is 431. The Morgan fingerprint density at radius 1 is 1.11 bits per heavy atom. The van der Waals surface area contributed by atoms with Gasteiger partial charge in [0.1, 0.15) is 5.37 Å². The Hall–Kier alpha value is -1.00. The van der Waals surface area contributed by atoms with E-state index >= 15 is 0 Å². The molecule has 2 aliphatic heterocycles. The Labute approximate surface area is 119 Å². The van der Waals surface area contributed by atoms with Gasteiger partial charge in [0.05, 0.1) is 5.75 Å². The van der Waals surface area contributed by atoms with E-state index < -0.39 is 0 Å². The minimum absolute atomic E-state index is 0.219. The highest BCUT2D eigenvalue weighted by Crippen LogP contribution is 2.38. The van der Waals surface area contributed by atoms with E-state index in [0.717, 1.165) is 13.1 Å². The molecule has 0 spiro atoms. The maximum absolute atomic E-state index is 12.0. The summed E-state index contributed by atoms with van der Waals surface area (Å²) >= 11 is 1.75. The van der Waals surface area contributed by atoms with Gasteiger partial charge in [-0.2, -0.15) is 0 Å². The number of likely N-dealkylation sites (tertiary alicyclic amines) is 1. The molecule has 0 N–H and O–H groups in total. The Balaban J connectivity index is 1.65. The van der Waals surface area contributed by atoms with Gasteiger partial charge in [0.2, 0.25) is 5.91 Å². The van der Waals surface area contributed by atoms with Crippen LogP contribution in [0.1, 0.15) is 23.8 Å². The lowest BCUT2D eigenvalue weighted by Gasteiger charge is -2.26. The molecule has 1 aromatic carbocycles. The third kappa shape index (κ3) is 2.95. The van der Waals surface area contributed by atoms with Gasteiger partial charge in [0, 0.05) is 13.1 Å². The summed E-state index contributed by atoms with van der Waals surface area (Å²) in [4.78, 5) is 16.6. The maximum atomic E-state index is 12.0. The highest BCUT2D eigenvalue weighted by molar-refractivity contribution is 8.00. The molecule has 0 bridgehead atoms. The quantitative estimate of drug-likeness (QED) is 0.843. The molecular formula is C15H20N2OS. The minimum atomic E-state index is 0.219. The number of benzene rings is 1. The molecule has 3 nitrogen and oxygen atoms in total. The zero-order valence-electron chi connectivity index (χ0n) is 11.1. The Kier molecular flexibility index (Phi) is 4.09. The maximum Gasteiger partial charge on any atom is 0.233 e. The summed E-state index contributed by atoms with van der Waals surface area (Å²) in [5.74, 6) is 0.914. The molecule has 0 aliphatic carbocycles. The molecule has 1 amide bonds. The van der Waals surface area contributed by atoms with Crippen molar-refractivity contribution in [3.05, 3.63) is 35.9 Å². The molecule has 0 saturated carbocycles. The molecule has 1 atom stereocenters. The number of hydrogen-bond donors (Lipinski definition) is 0. The third-order valence-electron chi connectivity index (χ3n) is 3.91. The van der Waals surface area contributed by atoms with E-state index in [1.54, 1.807) is 11.8 Å². The van der Waals surface area contributed by atoms with E-state index in [1.165, 1.54) is 31.5 Å². The summed E-state index contributed by atoms with van der Waals surface area (Å²) in [5, 5.41) is 0.219. The first kappa shape index (κ1) is 13.0. The van der Waals surface area contributed by atoms with E-state index in [4.69, 9.17) is 0 Å². The van der Waals surface area contributed by atoms with Crippen LogP contribution in [0.3, 0.4) is 0 Å². The second-order valence-electron chi connectivity index (χ2n) is 5.21. The fourth-order valence-electron chi connectivity index (χ4n) is 2.85. The molecule has 2 aliphatic rings. The highest BCUT2D eigenvalue weighted by Gasteiger charge is 2.32. The second-order valence-corrected chi connectivity index (χ2v) is 6.28. The fraction of sp³-hybridized carbons (Fsp3) is 0.533. The number of hydrogen-bond acceptors (Lipinski definition) is 3. The largest absolute Gasteiger partial charge is 0.325 e. The van der Waals surface area contributed by atoms with Gasteiger partial charge >= 0.3 is 0 Å². The van der Waals surface area contributed by atoms with E-state index in [2.05, 4.69) is 34.1 Å². The molecule has 102 valence electrons. The molecular weight excluding hydrogens is 256 g/mol. The average molecular weight is 276 g/mol. The molecule has 3 rings (SSSR count). The Morgan fingerprint density at radius 3 is 2.58 bits per heavy atom. The van der Waals surface area contributed by atoms with Gasteiger partial charge in [0.15, 0.2) is 0 Å². The van der Waals surface area contributed by atoms with Crippen LogP contribution in [-0.2, 0) is 4.79 Å². The molecule has 1 unspecified atom stereocenters. The first-order chi connectivity index (χ1) is 9.34. The lowest BCUT2D eigenvalue weighted by atomic mass is 10.2. The normalized spacial score (nSPS) is 24.3. The average Bonchev–Trinajstić information content (AvgIpc) is 3.07. The predicted molar refractivity (Wildman–Crippen MR) is 79.0 cm³/mol. The fourth-order valence-corrected chi connectivity index (χ4v) is 4.06. The van der Waals surface area contributed by atoms with Crippen LogP contribution in [0.15, 0.2) is 30.3 Å².